The Hall–Kier alpha value is -0.940. The van der Waals surface area contributed by atoms with Gasteiger partial charge in [0.2, 0.25) is 5.13 Å². The van der Waals surface area contributed by atoms with Gasteiger partial charge >= 0.3 is 0 Å². The van der Waals surface area contributed by atoms with Crippen LogP contribution >= 0.6 is 11.3 Å². The first-order valence-electron chi connectivity index (χ1n) is 4.55. The molecule has 1 rings (SSSR count). The minimum atomic E-state index is 0.687. The minimum Gasteiger partial charge on any atom is -0.379 e. The smallest absolute Gasteiger partial charge is 0.205 e. The molecule has 14 heavy (non-hydrogen) atoms. The van der Waals surface area contributed by atoms with Crippen LogP contribution in [0, 0.1) is 6.92 Å². The average molecular weight is 213 g/mol. The second-order valence-electron chi connectivity index (χ2n) is 2.74. The van der Waals surface area contributed by atoms with E-state index in [4.69, 9.17) is 4.74 Å². The second-order valence-corrected chi connectivity index (χ2v) is 3.92. The lowest BCUT2D eigenvalue weighted by Gasteiger charge is -2.02. The Balaban J connectivity index is 2.01. The molecule has 0 fully saturated rings. The molecular formula is C9H15N3OS. The lowest BCUT2D eigenvalue weighted by Crippen LogP contribution is -2.09. The molecule has 0 aliphatic rings. The van der Waals surface area contributed by atoms with Crippen LogP contribution in [0.2, 0.25) is 0 Å². The Morgan fingerprint density at radius 1 is 1.50 bits per heavy atom. The predicted octanol–water partition coefficient (Wildman–Crippen LogP) is 1.85. The fraction of sp³-hybridized carbons (Fsp3) is 0.556. The van der Waals surface area contributed by atoms with Crippen molar-refractivity contribution in [2.75, 3.05) is 25.1 Å². The Morgan fingerprint density at radius 2 is 2.36 bits per heavy atom. The maximum atomic E-state index is 5.33. The van der Waals surface area contributed by atoms with E-state index in [-0.39, 0.29) is 0 Å². The molecule has 0 unspecified atom stereocenters. The summed E-state index contributed by atoms with van der Waals surface area (Å²) in [7, 11) is 0. The van der Waals surface area contributed by atoms with Crippen LogP contribution < -0.4 is 5.32 Å². The topological polar surface area (TPSA) is 47.0 Å². The van der Waals surface area contributed by atoms with Crippen molar-refractivity contribution in [3.05, 3.63) is 17.7 Å². The highest BCUT2D eigenvalue weighted by atomic mass is 32.1. The van der Waals surface area contributed by atoms with Crippen LogP contribution in [0.4, 0.5) is 5.13 Å². The van der Waals surface area contributed by atoms with E-state index < -0.39 is 0 Å². The molecule has 0 amide bonds. The molecule has 5 heteroatoms. The van der Waals surface area contributed by atoms with Crippen molar-refractivity contribution in [3.63, 3.8) is 0 Å². The van der Waals surface area contributed by atoms with E-state index in [0.717, 1.165) is 29.7 Å². The zero-order valence-corrected chi connectivity index (χ0v) is 9.14. The van der Waals surface area contributed by atoms with Gasteiger partial charge in [0.05, 0.1) is 13.2 Å². The Morgan fingerprint density at radius 3 is 3.00 bits per heavy atom. The molecule has 1 heterocycles. The summed E-state index contributed by atoms with van der Waals surface area (Å²) in [5, 5.41) is 12.8. The van der Waals surface area contributed by atoms with E-state index in [2.05, 4.69) is 22.1 Å². The van der Waals surface area contributed by atoms with Crippen LogP contribution in [0.5, 0.6) is 0 Å². The number of hydrogen-bond acceptors (Lipinski definition) is 5. The number of ether oxygens (including phenoxy) is 1. The van der Waals surface area contributed by atoms with Gasteiger partial charge in [-0.25, -0.2) is 0 Å². The van der Waals surface area contributed by atoms with E-state index in [9.17, 15) is 0 Å². The van der Waals surface area contributed by atoms with Crippen molar-refractivity contribution in [1.29, 1.82) is 0 Å². The largest absolute Gasteiger partial charge is 0.379 e. The summed E-state index contributed by atoms with van der Waals surface area (Å²) >= 11 is 1.55. The SMILES string of the molecule is C=CCCOCCNc1nnc(C)s1. The number of nitrogens with one attached hydrogen (secondary N) is 1. The first-order chi connectivity index (χ1) is 6.83. The fourth-order valence-electron chi connectivity index (χ4n) is 0.867. The average Bonchev–Trinajstić information content (AvgIpc) is 2.58. The lowest BCUT2D eigenvalue weighted by molar-refractivity contribution is 0.149. The number of anilines is 1. The first kappa shape index (κ1) is 11.1. The summed E-state index contributed by atoms with van der Waals surface area (Å²) in [4.78, 5) is 0. The second kappa shape index (κ2) is 6.50. The molecule has 4 nitrogen and oxygen atoms in total. The monoisotopic (exact) mass is 213 g/mol. The third kappa shape index (κ3) is 4.34. The Labute approximate surface area is 88.0 Å². The molecule has 1 aromatic rings. The van der Waals surface area contributed by atoms with Crippen LogP contribution in [0.1, 0.15) is 11.4 Å². The van der Waals surface area contributed by atoms with Gasteiger partial charge in [0, 0.05) is 6.54 Å². The van der Waals surface area contributed by atoms with E-state index in [1.807, 2.05) is 13.0 Å². The molecule has 0 saturated heterocycles. The summed E-state index contributed by atoms with van der Waals surface area (Å²) in [5.74, 6) is 0. The molecule has 0 aliphatic carbocycles. The van der Waals surface area contributed by atoms with Crippen LogP contribution in [0.25, 0.3) is 0 Å². The Kier molecular flexibility index (Phi) is 5.17. The first-order valence-corrected chi connectivity index (χ1v) is 5.37. The number of rotatable bonds is 7. The number of aromatic nitrogens is 2. The number of hydrogen-bond donors (Lipinski definition) is 1. The molecule has 1 aromatic heterocycles. The maximum Gasteiger partial charge on any atom is 0.205 e. The van der Waals surface area contributed by atoms with Crippen LogP contribution in [0.3, 0.4) is 0 Å². The molecular weight excluding hydrogens is 198 g/mol. The number of nitrogens with zero attached hydrogens (tertiary/aromatic N) is 2. The third-order valence-electron chi connectivity index (χ3n) is 1.51. The van der Waals surface area contributed by atoms with Gasteiger partial charge in [0.25, 0.3) is 0 Å². The standard InChI is InChI=1S/C9H15N3OS/c1-3-4-6-13-7-5-10-9-12-11-8(2)14-9/h3H,1,4-7H2,2H3,(H,10,12). The highest BCUT2D eigenvalue weighted by molar-refractivity contribution is 7.15. The highest BCUT2D eigenvalue weighted by Crippen LogP contribution is 2.12. The Bertz CT molecular complexity index is 275. The molecule has 0 spiro atoms. The molecule has 0 atom stereocenters. The quantitative estimate of drug-likeness (QED) is 0.554. The zero-order valence-electron chi connectivity index (χ0n) is 8.32. The summed E-state index contributed by atoms with van der Waals surface area (Å²) in [6.07, 6.45) is 2.75. The van der Waals surface area contributed by atoms with Gasteiger partial charge in [-0.15, -0.1) is 16.8 Å². The van der Waals surface area contributed by atoms with E-state index in [0.29, 0.717) is 6.61 Å². The molecule has 78 valence electrons. The van der Waals surface area contributed by atoms with Gasteiger partial charge in [-0.2, -0.15) is 0 Å². The van der Waals surface area contributed by atoms with Crippen LogP contribution in [0.15, 0.2) is 12.7 Å². The van der Waals surface area contributed by atoms with Crippen LogP contribution in [-0.2, 0) is 4.74 Å². The fourth-order valence-corrected chi connectivity index (χ4v) is 1.48. The maximum absolute atomic E-state index is 5.33. The van der Waals surface area contributed by atoms with Crippen molar-refractivity contribution in [1.82, 2.24) is 10.2 Å². The van der Waals surface area contributed by atoms with Gasteiger partial charge in [0.15, 0.2) is 0 Å². The van der Waals surface area contributed by atoms with Gasteiger partial charge in [0.1, 0.15) is 5.01 Å². The van der Waals surface area contributed by atoms with E-state index >= 15 is 0 Å². The molecule has 0 aromatic carbocycles. The summed E-state index contributed by atoms with van der Waals surface area (Å²) < 4.78 is 5.33. The molecule has 0 radical (unpaired) electrons. The van der Waals surface area contributed by atoms with Gasteiger partial charge in [-0.05, 0) is 13.3 Å². The summed E-state index contributed by atoms with van der Waals surface area (Å²) in [5.41, 5.74) is 0. The van der Waals surface area contributed by atoms with Gasteiger partial charge in [-0.1, -0.05) is 17.4 Å². The third-order valence-corrected chi connectivity index (χ3v) is 2.31. The van der Waals surface area contributed by atoms with Crippen molar-refractivity contribution >= 4 is 16.5 Å². The summed E-state index contributed by atoms with van der Waals surface area (Å²) in [6, 6.07) is 0. The van der Waals surface area contributed by atoms with Crippen molar-refractivity contribution in [3.8, 4) is 0 Å². The molecule has 0 aliphatic heterocycles. The molecule has 0 saturated carbocycles. The molecule has 0 bridgehead atoms. The molecule has 1 N–H and O–H groups in total. The van der Waals surface area contributed by atoms with Crippen molar-refractivity contribution in [2.45, 2.75) is 13.3 Å². The van der Waals surface area contributed by atoms with E-state index in [1.54, 1.807) is 11.3 Å². The minimum absolute atomic E-state index is 0.687. The predicted molar refractivity (Wildman–Crippen MR) is 58.8 cm³/mol. The van der Waals surface area contributed by atoms with Crippen molar-refractivity contribution in [2.24, 2.45) is 0 Å². The normalized spacial score (nSPS) is 10.1. The van der Waals surface area contributed by atoms with Gasteiger partial charge < -0.3 is 10.1 Å². The zero-order chi connectivity index (χ0) is 10.2. The van der Waals surface area contributed by atoms with E-state index in [1.165, 1.54) is 0 Å². The lowest BCUT2D eigenvalue weighted by atomic mass is 10.5. The van der Waals surface area contributed by atoms with Crippen molar-refractivity contribution < 1.29 is 4.74 Å². The van der Waals surface area contributed by atoms with Crippen LogP contribution in [-0.4, -0.2) is 30.0 Å². The number of aryl methyl sites for hydroxylation is 1. The summed E-state index contributed by atoms with van der Waals surface area (Å²) in [6.45, 7) is 7.74. The van der Waals surface area contributed by atoms with Gasteiger partial charge in [-0.3, -0.25) is 0 Å². The highest BCUT2D eigenvalue weighted by Gasteiger charge is 1.97.